The average Bonchev–Trinajstić information content (AvgIpc) is 2.53. The third-order valence-corrected chi connectivity index (χ3v) is 3.89. The van der Waals surface area contributed by atoms with E-state index in [2.05, 4.69) is 5.32 Å². The van der Waals surface area contributed by atoms with Gasteiger partial charge in [-0.25, -0.2) is 0 Å². The number of nitrogens with one attached hydrogen (secondary N) is 1. The first kappa shape index (κ1) is 20.9. The number of alkyl halides is 3. The van der Waals surface area contributed by atoms with Crippen LogP contribution in [0.2, 0.25) is 0 Å². The molecule has 1 aliphatic rings. The lowest BCUT2D eigenvalue weighted by Crippen LogP contribution is -2.46. The highest BCUT2D eigenvalue weighted by molar-refractivity contribution is 5.85. The highest BCUT2D eigenvalue weighted by Crippen LogP contribution is 2.37. The Morgan fingerprint density at radius 2 is 1.88 bits per heavy atom. The Balaban J connectivity index is 0.00000288. The standard InChI is InChI=1S/C16H23F3N2O2.ClH/c1-3-23-14-5-4-12(10-15(14)22-2)13(11-16(17,18)19)21-8-6-20-7-9-21;/h4-5,10,13,20H,3,6-9,11H2,1-2H3;1H/t13-;/m0./s1. The molecule has 1 N–H and O–H groups in total. The number of benzene rings is 1. The van der Waals surface area contributed by atoms with Crippen LogP contribution in [0.25, 0.3) is 0 Å². The molecule has 1 aromatic carbocycles. The molecule has 0 saturated carbocycles. The summed E-state index contributed by atoms with van der Waals surface area (Å²) in [4.78, 5) is 1.87. The minimum absolute atomic E-state index is 0. The molecule has 0 bridgehead atoms. The summed E-state index contributed by atoms with van der Waals surface area (Å²) in [6.45, 7) is 4.90. The Kier molecular flexibility index (Phi) is 8.12. The van der Waals surface area contributed by atoms with Crippen molar-refractivity contribution in [1.29, 1.82) is 0 Å². The number of rotatable bonds is 6. The van der Waals surface area contributed by atoms with Crippen molar-refractivity contribution in [2.24, 2.45) is 0 Å². The zero-order chi connectivity index (χ0) is 16.9. The average molecular weight is 369 g/mol. The third kappa shape index (κ3) is 5.72. The second kappa shape index (κ2) is 9.34. The molecule has 0 spiro atoms. The Hall–Kier alpha value is -1.18. The normalized spacial score (nSPS) is 17.0. The third-order valence-electron chi connectivity index (χ3n) is 3.89. The van der Waals surface area contributed by atoms with E-state index in [0.29, 0.717) is 49.8 Å². The minimum Gasteiger partial charge on any atom is -0.493 e. The number of methoxy groups -OCH3 is 1. The van der Waals surface area contributed by atoms with E-state index < -0.39 is 18.6 Å². The van der Waals surface area contributed by atoms with Gasteiger partial charge in [0.1, 0.15) is 0 Å². The summed E-state index contributed by atoms with van der Waals surface area (Å²) >= 11 is 0. The number of piperazine rings is 1. The van der Waals surface area contributed by atoms with Gasteiger partial charge >= 0.3 is 6.18 Å². The van der Waals surface area contributed by atoms with Gasteiger partial charge in [0.05, 0.1) is 20.1 Å². The molecule has 1 aromatic rings. The second-order valence-corrected chi connectivity index (χ2v) is 5.46. The summed E-state index contributed by atoms with van der Waals surface area (Å²) in [5.41, 5.74) is 0.601. The van der Waals surface area contributed by atoms with Gasteiger partial charge in [-0.05, 0) is 24.6 Å². The van der Waals surface area contributed by atoms with Gasteiger partial charge in [0.15, 0.2) is 11.5 Å². The molecule has 0 aromatic heterocycles. The Bertz CT molecular complexity index is 509. The van der Waals surface area contributed by atoms with Crippen LogP contribution < -0.4 is 14.8 Å². The van der Waals surface area contributed by atoms with Crippen LogP contribution in [0.5, 0.6) is 11.5 Å². The van der Waals surface area contributed by atoms with Crippen molar-refractivity contribution >= 4 is 12.4 Å². The molecule has 1 atom stereocenters. The van der Waals surface area contributed by atoms with Crippen molar-refractivity contribution < 1.29 is 22.6 Å². The zero-order valence-electron chi connectivity index (χ0n) is 13.9. The van der Waals surface area contributed by atoms with Gasteiger partial charge in [-0.3, -0.25) is 4.90 Å². The van der Waals surface area contributed by atoms with E-state index in [4.69, 9.17) is 9.47 Å². The lowest BCUT2D eigenvalue weighted by molar-refractivity contribution is -0.148. The van der Waals surface area contributed by atoms with Crippen molar-refractivity contribution in [3.05, 3.63) is 23.8 Å². The summed E-state index contributed by atoms with van der Waals surface area (Å²) in [5, 5.41) is 3.16. The summed E-state index contributed by atoms with van der Waals surface area (Å²) in [6.07, 6.45) is -5.09. The Morgan fingerprint density at radius 1 is 1.21 bits per heavy atom. The van der Waals surface area contributed by atoms with Crippen LogP contribution in [0.4, 0.5) is 13.2 Å². The van der Waals surface area contributed by atoms with Crippen LogP contribution in [0.3, 0.4) is 0 Å². The maximum Gasteiger partial charge on any atom is 0.390 e. The number of nitrogens with zero attached hydrogens (tertiary/aromatic N) is 1. The van der Waals surface area contributed by atoms with Gasteiger partial charge in [-0.15, -0.1) is 12.4 Å². The van der Waals surface area contributed by atoms with Crippen LogP contribution in [0.1, 0.15) is 24.9 Å². The first-order chi connectivity index (χ1) is 10.9. The van der Waals surface area contributed by atoms with Crippen molar-refractivity contribution in [3.8, 4) is 11.5 Å². The van der Waals surface area contributed by atoms with E-state index in [9.17, 15) is 13.2 Å². The summed E-state index contributed by atoms with van der Waals surface area (Å²) in [6, 6.07) is 4.33. The molecule has 2 rings (SSSR count). The highest BCUT2D eigenvalue weighted by atomic mass is 35.5. The minimum atomic E-state index is -4.22. The van der Waals surface area contributed by atoms with Gasteiger partial charge < -0.3 is 14.8 Å². The smallest absolute Gasteiger partial charge is 0.390 e. The van der Waals surface area contributed by atoms with Gasteiger partial charge in [0.2, 0.25) is 0 Å². The second-order valence-electron chi connectivity index (χ2n) is 5.46. The highest BCUT2D eigenvalue weighted by Gasteiger charge is 2.36. The SMILES string of the molecule is CCOc1ccc([C@H](CC(F)(F)F)N2CCNCC2)cc1OC.Cl. The molecule has 8 heteroatoms. The molecule has 24 heavy (non-hydrogen) atoms. The fourth-order valence-electron chi connectivity index (χ4n) is 2.84. The van der Waals surface area contributed by atoms with Gasteiger partial charge in [-0.1, -0.05) is 6.07 Å². The molecule has 0 radical (unpaired) electrons. The molecule has 4 nitrogen and oxygen atoms in total. The van der Waals surface area contributed by atoms with Crippen LogP contribution in [0.15, 0.2) is 18.2 Å². The first-order valence-electron chi connectivity index (χ1n) is 7.77. The molecular formula is C16H24ClF3N2O2. The topological polar surface area (TPSA) is 33.7 Å². The Morgan fingerprint density at radius 3 is 2.42 bits per heavy atom. The lowest BCUT2D eigenvalue weighted by atomic mass is 10.00. The van der Waals surface area contributed by atoms with E-state index >= 15 is 0 Å². The number of ether oxygens (including phenoxy) is 2. The number of halogens is 4. The predicted octanol–water partition coefficient (Wildman–Crippen LogP) is 3.41. The van der Waals surface area contributed by atoms with Crippen LogP contribution >= 0.6 is 12.4 Å². The van der Waals surface area contributed by atoms with E-state index in [1.165, 1.54) is 7.11 Å². The van der Waals surface area contributed by atoms with Crippen molar-refractivity contribution in [3.63, 3.8) is 0 Å². The molecule has 138 valence electrons. The molecular weight excluding hydrogens is 345 g/mol. The van der Waals surface area contributed by atoms with E-state index in [0.717, 1.165) is 0 Å². The van der Waals surface area contributed by atoms with Crippen LogP contribution in [-0.2, 0) is 0 Å². The van der Waals surface area contributed by atoms with Gasteiger partial charge in [0.25, 0.3) is 0 Å². The lowest BCUT2D eigenvalue weighted by Gasteiger charge is -2.35. The summed E-state index contributed by atoms with van der Waals surface area (Å²) in [7, 11) is 1.49. The molecule has 0 aliphatic carbocycles. The quantitative estimate of drug-likeness (QED) is 0.834. The maximum absolute atomic E-state index is 13.0. The molecule has 1 fully saturated rings. The van der Waals surface area contributed by atoms with Gasteiger partial charge in [-0.2, -0.15) is 13.2 Å². The molecule has 0 unspecified atom stereocenters. The van der Waals surface area contributed by atoms with Crippen LogP contribution in [0, 0.1) is 0 Å². The van der Waals surface area contributed by atoms with E-state index in [1.807, 2.05) is 11.8 Å². The summed E-state index contributed by atoms with van der Waals surface area (Å²) < 4.78 is 49.8. The molecule has 1 heterocycles. The van der Waals surface area contributed by atoms with Crippen LogP contribution in [-0.4, -0.2) is 51.0 Å². The number of hydrogen-bond acceptors (Lipinski definition) is 4. The van der Waals surface area contributed by atoms with Crippen molar-refractivity contribution in [1.82, 2.24) is 10.2 Å². The van der Waals surface area contributed by atoms with E-state index in [1.54, 1.807) is 18.2 Å². The molecule has 0 amide bonds. The van der Waals surface area contributed by atoms with Gasteiger partial charge in [0, 0.05) is 32.2 Å². The zero-order valence-corrected chi connectivity index (χ0v) is 14.7. The molecule has 1 saturated heterocycles. The predicted molar refractivity (Wildman–Crippen MR) is 89.3 cm³/mol. The van der Waals surface area contributed by atoms with Crippen molar-refractivity contribution in [2.75, 3.05) is 39.9 Å². The first-order valence-corrected chi connectivity index (χ1v) is 7.77. The summed E-state index contributed by atoms with van der Waals surface area (Å²) in [5.74, 6) is 1.01. The number of hydrogen-bond donors (Lipinski definition) is 1. The monoisotopic (exact) mass is 368 g/mol. The molecule has 1 aliphatic heterocycles. The van der Waals surface area contributed by atoms with E-state index in [-0.39, 0.29) is 12.4 Å². The Labute approximate surface area is 146 Å². The fourth-order valence-corrected chi connectivity index (χ4v) is 2.84. The largest absolute Gasteiger partial charge is 0.493 e. The van der Waals surface area contributed by atoms with Crippen molar-refractivity contribution in [2.45, 2.75) is 25.6 Å². The fraction of sp³-hybridized carbons (Fsp3) is 0.625. The maximum atomic E-state index is 13.0.